The van der Waals surface area contributed by atoms with E-state index in [2.05, 4.69) is 15.6 Å². The van der Waals surface area contributed by atoms with Gasteiger partial charge >= 0.3 is 0 Å². The molecule has 1 amide bonds. The molecule has 0 atom stereocenters. The van der Waals surface area contributed by atoms with Gasteiger partial charge in [-0.15, -0.1) is 0 Å². The Labute approximate surface area is 185 Å². The van der Waals surface area contributed by atoms with E-state index in [-0.39, 0.29) is 35.2 Å². The summed E-state index contributed by atoms with van der Waals surface area (Å²) in [6.45, 7) is 6.83. The van der Waals surface area contributed by atoms with Gasteiger partial charge in [0.15, 0.2) is 0 Å². The molecule has 1 aliphatic rings. The van der Waals surface area contributed by atoms with Crippen molar-refractivity contribution in [2.45, 2.75) is 45.1 Å². The van der Waals surface area contributed by atoms with Gasteiger partial charge < -0.3 is 15.6 Å². The van der Waals surface area contributed by atoms with Crippen molar-refractivity contribution in [1.82, 2.24) is 15.6 Å². The van der Waals surface area contributed by atoms with Crippen LogP contribution in [0.3, 0.4) is 0 Å². The Bertz CT molecular complexity index is 1130. The van der Waals surface area contributed by atoms with Crippen molar-refractivity contribution in [3.63, 3.8) is 0 Å². The molecule has 0 bridgehead atoms. The number of carbonyl (C=O) groups is 1. The Morgan fingerprint density at radius 1 is 1.06 bits per heavy atom. The average Bonchev–Trinajstić information content (AvgIpc) is 3.04. The molecular weight excluding hydrogens is 415 g/mol. The van der Waals surface area contributed by atoms with E-state index in [1.807, 2.05) is 20.8 Å². The molecule has 7 heteroatoms. The maximum Gasteiger partial charge on any atom is 0.233 e. The van der Waals surface area contributed by atoms with Gasteiger partial charge in [-0.1, -0.05) is 0 Å². The largest absolute Gasteiger partial charge is 0.355 e. The molecule has 1 heterocycles. The Kier molecular flexibility index (Phi) is 6.03. The fourth-order valence-electron chi connectivity index (χ4n) is 4.31. The van der Waals surface area contributed by atoms with Crippen molar-refractivity contribution in [3.8, 4) is 11.3 Å². The van der Waals surface area contributed by atoms with Crippen molar-refractivity contribution in [3.05, 3.63) is 59.4 Å². The predicted molar refractivity (Wildman–Crippen MR) is 120 cm³/mol. The van der Waals surface area contributed by atoms with Crippen LogP contribution in [0.1, 0.15) is 45.1 Å². The molecule has 1 aliphatic carbocycles. The van der Waals surface area contributed by atoms with Gasteiger partial charge in [0.1, 0.15) is 17.5 Å². The van der Waals surface area contributed by atoms with Crippen LogP contribution >= 0.6 is 0 Å². The van der Waals surface area contributed by atoms with Crippen LogP contribution in [0.2, 0.25) is 0 Å². The zero-order valence-electron chi connectivity index (χ0n) is 18.5. The molecule has 1 aromatic heterocycles. The predicted octanol–water partition coefficient (Wildman–Crippen LogP) is 5.25. The van der Waals surface area contributed by atoms with Crippen LogP contribution in [0.25, 0.3) is 22.2 Å². The van der Waals surface area contributed by atoms with Crippen molar-refractivity contribution in [1.29, 1.82) is 0 Å². The Balaban J connectivity index is 1.51. The van der Waals surface area contributed by atoms with E-state index in [9.17, 15) is 18.0 Å². The smallest absolute Gasteiger partial charge is 0.233 e. The monoisotopic (exact) mass is 443 g/mol. The summed E-state index contributed by atoms with van der Waals surface area (Å²) in [5, 5.41) is 6.64. The molecule has 0 aliphatic heterocycles. The van der Waals surface area contributed by atoms with Crippen LogP contribution in [0.4, 0.5) is 13.2 Å². The van der Waals surface area contributed by atoms with Crippen LogP contribution in [-0.4, -0.2) is 29.5 Å². The number of rotatable bonds is 6. The summed E-state index contributed by atoms with van der Waals surface area (Å²) in [7, 11) is 0. The van der Waals surface area contributed by atoms with Gasteiger partial charge in [-0.3, -0.25) is 4.79 Å². The quantitative estimate of drug-likeness (QED) is 0.487. The molecule has 2 aromatic carbocycles. The SMILES string of the molecule is CC(C)(C)NCC(=O)NCC1CC(c2c(-c3ccc(F)cc3)[nH]c3c(F)cc(F)cc23)C1. The second kappa shape index (κ2) is 8.62. The number of amides is 1. The fraction of sp³-hybridized carbons (Fsp3) is 0.400. The average molecular weight is 444 g/mol. The number of carbonyl (C=O) groups excluding carboxylic acids is 1. The Morgan fingerprint density at radius 3 is 2.41 bits per heavy atom. The van der Waals surface area contributed by atoms with E-state index >= 15 is 0 Å². The first-order valence-corrected chi connectivity index (χ1v) is 10.9. The summed E-state index contributed by atoms with van der Waals surface area (Å²) in [6, 6.07) is 8.19. The molecule has 0 unspecified atom stereocenters. The minimum atomic E-state index is -0.649. The van der Waals surface area contributed by atoms with E-state index in [0.717, 1.165) is 30.0 Å². The second-order valence-corrected chi connectivity index (χ2v) is 9.67. The molecule has 3 aromatic rings. The van der Waals surface area contributed by atoms with E-state index in [1.165, 1.54) is 18.2 Å². The van der Waals surface area contributed by atoms with Gasteiger partial charge in [-0.2, -0.15) is 0 Å². The summed E-state index contributed by atoms with van der Waals surface area (Å²) in [6.07, 6.45) is 1.60. The molecule has 1 saturated carbocycles. The first-order chi connectivity index (χ1) is 15.1. The van der Waals surface area contributed by atoms with Crippen molar-refractivity contribution >= 4 is 16.8 Å². The molecule has 0 saturated heterocycles. The van der Waals surface area contributed by atoms with E-state index < -0.39 is 11.6 Å². The number of nitrogens with one attached hydrogen (secondary N) is 3. The van der Waals surface area contributed by atoms with E-state index in [4.69, 9.17) is 0 Å². The van der Waals surface area contributed by atoms with Crippen molar-refractivity contribution in [2.75, 3.05) is 13.1 Å². The van der Waals surface area contributed by atoms with Gasteiger partial charge in [-0.25, -0.2) is 13.2 Å². The van der Waals surface area contributed by atoms with Gasteiger partial charge in [-0.05, 0) is 86.9 Å². The first-order valence-electron chi connectivity index (χ1n) is 10.9. The molecule has 4 nitrogen and oxygen atoms in total. The van der Waals surface area contributed by atoms with Crippen molar-refractivity contribution in [2.24, 2.45) is 5.92 Å². The molecule has 170 valence electrons. The number of benzene rings is 2. The van der Waals surface area contributed by atoms with Crippen LogP contribution in [0.5, 0.6) is 0 Å². The third-order valence-corrected chi connectivity index (χ3v) is 6.01. The number of aromatic amines is 1. The molecule has 1 fully saturated rings. The Morgan fingerprint density at radius 2 is 1.75 bits per heavy atom. The number of hydrogen-bond donors (Lipinski definition) is 3. The molecule has 32 heavy (non-hydrogen) atoms. The second-order valence-electron chi connectivity index (χ2n) is 9.67. The highest BCUT2D eigenvalue weighted by Crippen LogP contribution is 2.48. The van der Waals surface area contributed by atoms with Crippen LogP contribution in [-0.2, 0) is 4.79 Å². The van der Waals surface area contributed by atoms with Crippen LogP contribution in [0.15, 0.2) is 36.4 Å². The number of hydrogen-bond acceptors (Lipinski definition) is 2. The van der Waals surface area contributed by atoms with Crippen LogP contribution in [0, 0.1) is 23.4 Å². The third kappa shape index (κ3) is 4.83. The molecular formula is C25H28F3N3O. The zero-order valence-corrected chi connectivity index (χ0v) is 18.5. The maximum atomic E-state index is 14.5. The molecule has 4 rings (SSSR count). The highest BCUT2D eigenvalue weighted by atomic mass is 19.1. The van der Waals surface area contributed by atoms with E-state index in [0.29, 0.717) is 23.5 Å². The minimum Gasteiger partial charge on any atom is -0.355 e. The number of halogens is 3. The summed E-state index contributed by atoms with van der Waals surface area (Å²) < 4.78 is 41.9. The molecule has 3 N–H and O–H groups in total. The lowest BCUT2D eigenvalue weighted by Gasteiger charge is -2.36. The van der Waals surface area contributed by atoms with Crippen molar-refractivity contribution < 1.29 is 18.0 Å². The molecule has 0 spiro atoms. The highest BCUT2D eigenvalue weighted by Gasteiger charge is 2.34. The van der Waals surface area contributed by atoms with Gasteiger partial charge in [0.2, 0.25) is 5.91 Å². The minimum absolute atomic E-state index is 0.0494. The Hall–Kier alpha value is -2.80. The standard InChI is InChI=1S/C25H28F3N3O/c1-25(2,3)30-13-21(32)29-12-14-8-16(9-14)22-19-10-18(27)11-20(28)24(19)31-23(22)15-4-6-17(26)7-5-15/h4-7,10-11,14,16,30-31H,8-9,12-13H2,1-3H3,(H,29,32). The summed E-state index contributed by atoms with van der Waals surface area (Å²) in [5.41, 5.74) is 2.39. The number of fused-ring (bicyclic) bond motifs is 1. The zero-order chi connectivity index (χ0) is 23.0. The molecule has 0 radical (unpaired) electrons. The first kappa shape index (κ1) is 22.4. The van der Waals surface area contributed by atoms with Gasteiger partial charge in [0.25, 0.3) is 0 Å². The normalized spacial score (nSPS) is 18.6. The summed E-state index contributed by atoms with van der Waals surface area (Å²) in [4.78, 5) is 15.2. The van der Waals surface area contributed by atoms with E-state index in [1.54, 1.807) is 12.1 Å². The van der Waals surface area contributed by atoms with Gasteiger partial charge in [0.05, 0.1) is 17.8 Å². The summed E-state index contributed by atoms with van der Waals surface area (Å²) in [5.74, 6) is -1.29. The topological polar surface area (TPSA) is 56.9 Å². The number of aromatic nitrogens is 1. The maximum absolute atomic E-state index is 14.5. The number of H-pyrrole nitrogens is 1. The van der Waals surface area contributed by atoms with Crippen LogP contribution < -0.4 is 10.6 Å². The summed E-state index contributed by atoms with van der Waals surface area (Å²) >= 11 is 0. The third-order valence-electron chi connectivity index (χ3n) is 6.01. The lowest BCUT2D eigenvalue weighted by Crippen LogP contribution is -2.45. The lowest BCUT2D eigenvalue weighted by atomic mass is 9.70. The lowest BCUT2D eigenvalue weighted by molar-refractivity contribution is -0.120. The highest BCUT2D eigenvalue weighted by molar-refractivity contribution is 5.92. The fourth-order valence-corrected chi connectivity index (χ4v) is 4.31. The van der Waals surface area contributed by atoms with Gasteiger partial charge in [0, 0.05) is 23.5 Å².